The Bertz CT molecular complexity index is 548. The molecule has 82 valence electrons. The maximum Gasteiger partial charge on any atom is 0.205 e. The molecule has 0 aliphatic rings. The van der Waals surface area contributed by atoms with Crippen molar-refractivity contribution >= 4 is 64.9 Å². The number of carbonyl (C=O) groups excluding carboxylic acids is 1. The minimum atomic E-state index is 0.0232. The molecule has 0 radical (unpaired) electrons. The maximum absolute atomic E-state index is 12.2. The summed E-state index contributed by atoms with van der Waals surface area (Å²) in [5.41, 5.74) is 0.678. The van der Waals surface area contributed by atoms with Gasteiger partial charge in [0.05, 0.1) is 9.35 Å². The zero-order valence-corrected chi connectivity index (χ0v) is 13.4. The highest BCUT2D eigenvalue weighted by atomic mass is 79.9. The van der Waals surface area contributed by atoms with Crippen molar-refractivity contribution in [3.63, 3.8) is 0 Å². The Morgan fingerprint density at radius 1 is 1.06 bits per heavy atom. The van der Waals surface area contributed by atoms with Gasteiger partial charge in [-0.25, -0.2) is 0 Å². The number of ketones is 1. The highest BCUT2D eigenvalue weighted by Gasteiger charge is 2.18. The van der Waals surface area contributed by atoms with Crippen LogP contribution in [0.5, 0.6) is 0 Å². The fourth-order valence-electron chi connectivity index (χ4n) is 1.24. The van der Waals surface area contributed by atoms with Crippen molar-refractivity contribution in [3.05, 3.63) is 53.5 Å². The van der Waals surface area contributed by atoms with E-state index < -0.39 is 0 Å². The summed E-state index contributed by atoms with van der Waals surface area (Å²) >= 11 is 11.6. The lowest BCUT2D eigenvalue weighted by molar-refractivity contribution is 0.104. The van der Waals surface area contributed by atoms with Crippen LogP contribution in [0.25, 0.3) is 0 Å². The molecule has 0 aliphatic carbocycles. The summed E-state index contributed by atoms with van der Waals surface area (Å²) in [7, 11) is 0. The first kappa shape index (κ1) is 12.5. The van der Waals surface area contributed by atoms with E-state index >= 15 is 0 Å². The van der Waals surface area contributed by atoms with E-state index in [2.05, 4.69) is 47.8 Å². The van der Waals surface area contributed by atoms with Crippen molar-refractivity contribution < 1.29 is 4.79 Å². The summed E-state index contributed by atoms with van der Waals surface area (Å²) < 4.78 is 2.54. The van der Waals surface area contributed by atoms with Crippen LogP contribution in [0.15, 0.2) is 43.1 Å². The quantitative estimate of drug-likeness (QED) is 0.600. The summed E-state index contributed by atoms with van der Waals surface area (Å²) in [6.45, 7) is 0. The zero-order chi connectivity index (χ0) is 11.7. The van der Waals surface area contributed by atoms with E-state index in [0.717, 1.165) is 13.4 Å². The minimum Gasteiger partial charge on any atom is -0.288 e. The van der Waals surface area contributed by atoms with E-state index in [1.165, 1.54) is 11.3 Å². The Labute approximate surface area is 122 Å². The second-order valence-corrected chi connectivity index (χ2v) is 6.42. The molecule has 0 N–H and O–H groups in total. The monoisotopic (exact) mass is 422 g/mol. The van der Waals surface area contributed by atoms with Gasteiger partial charge in [0.1, 0.15) is 0 Å². The zero-order valence-electron chi connectivity index (χ0n) is 7.84. The van der Waals surface area contributed by atoms with Crippen LogP contribution in [0, 0.1) is 0 Å². The fraction of sp³-hybridized carbons (Fsp3) is 0. The summed E-state index contributed by atoms with van der Waals surface area (Å²) in [5, 5.41) is 1.90. The molecule has 1 aromatic carbocycles. The van der Waals surface area contributed by atoms with Crippen molar-refractivity contribution in [2.45, 2.75) is 0 Å². The number of thiophene rings is 1. The van der Waals surface area contributed by atoms with Crippen LogP contribution in [-0.4, -0.2) is 5.78 Å². The molecule has 0 fully saturated rings. The van der Waals surface area contributed by atoms with Gasteiger partial charge in [-0.05, 0) is 44.0 Å². The van der Waals surface area contributed by atoms with E-state index in [-0.39, 0.29) is 5.78 Å². The van der Waals surface area contributed by atoms with Crippen molar-refractivity contribution in [1.29, 1.82) is 0 Å². The van der Waals surface area contributed by atoms with Gasteiger partial charge in [-0.1, -0.05) is 28.1 Å². The highest BCUT2D eigenvalue weighted by molar-refractivity contribution is 9.13. The standard InChI is InChI=1S/C11H5Br3OS/c12-7-4-2-1-3-6(7)10(15)11-9(14)8(13)5-16-11/h1-5H. The molecule has 2 rings (SSSR count). The number of rotatable bonds is 2. The molecule has 1 aromatic heterocycles. The average molecular weight is 425 g/mol. The van der Waals surface area contributed by atoms with Gasteiger partial charge in [0, 0.05) is 19.9 Å². The van der Waals surface area contributed by atoms with Crippen LogP contribution in [-0.2, 0) is 0 Å². The largest absolute Gasteiger partial charge is 0.288 e. The van der Waals surface area contributed by atoms with Crippen LogP contribution >= 0.6 is 59.1 Å². The van der Waals surface area contributed by atoms with E-state index in [9.17, 15) is 4.79 Å². The molecular weight excluding hydrogens is 420 g/mol. The molecule has 16 heavy (non-hydrogen) atoms. The van der Waals surface area contributed by atoms with Gasteiger partial charge in [-0.2, -0.15) is 0 Å². The molecule has 1 nitrogen and oxygen atoms in total. The summed E-state index contributed by atoms with van der Waals surface area (Å²) in [6.07, 6.45) is 0. The second kappa shape index (κ2) is 5.12. The molecule has 5 heteroatoms. The van der Waals surface area contributed by atoms with E-state index in [1.807, 2.05) is 29.6 Å². The second-order valence-electron chi connectivity index (χ2n) is 3.04. The third kappa shape index (κ3) is 2.32. The highest BCUT2D eigenvalue weighted by Crippen LogP contribution is 2.34. The van der Waals surface area contributed by atoms with Crippen molar-refractivity contribution in [2.24, 2.45) is 0 Å². The first-order chi connectivity index (χ1) is 7.61. The van der Waals surface area contributed by atoms with Gasteiger partial charge < -0.3 is 0 Å². The van der Waals surface area contributed by atoms with Crippen LogP contribution in [0.4, 0.5) is 0 Å². The Balaban J connectivity index is 2.48. The number of halogens is 3. The summed E-state index contributed by atoms with van der Waals surface area (Å²) in [6, 6.07) is 7.42. The third-order valence-corrected chi connectivity index (χ3v) is 6.23. The SMILES string of the molecule is O=C(c1ccccc1Br)c1scc(Br)c1Br. The Morgan fingerprint density at radius 2 is 1.75 bits per heavy atom. The molecular formula is C11H5Br3OS. The lowest BCUT2D eigenvalue weighted by Crippen LogP contribution is -2.00. The molecule has 0 amide bonds. The molecule has 0 bridgehead atoms. The van der Waals surface area contributed by atoms with Gasteiger partial charge in [-0.3, -0.25) is 4.79 Å². The predicted molar refractivity (Wildman–Crippen MR) is 77.3 cm³/mol. The van der Waals surface area contributed by atoms with E-state index in [0.29, 0.717) is 10.4 Å². The van der Waals surface area contributed by atoms with Crippen LogP contribution in [0.2, 0.25) is 0 Å². The topological polar surface area (TPSA) is 17.1 Å². The van der Waals surface area contributed by atoms with Crippen molar-refractivity contribution in [1.82, 2.24) is 0 Å². The van der Waals surface area contributed by atoms with Gasteiger partial charge in [0.2, 0.25) is 5.78 Å². The van der Waals surface area contributed by atoms with Gasteiger partial charge >= 0.3 is 0 Å². The number of benzene rings is 1. The molecule has 1 heterocycles. The van der Waals surface area contributed by atoms with Crippen LogP contribution in [0.3, 0.4) is 0 Å². The normalized spacial score (nSPS) is 10.4. The molecule has 0 unspecified atom stereocenters. The predicted octanol–water partition coefficient (Wildman–Crippen LogP) is 5.27. The van der Waals surface area contributed by atoms with Crippen molar-refractivity contribution in [2.75, 3.05) is 0 Å². The van der Waals surface area contributed by atoms with E-state index in [1.54, 1.807) is 0 Å². The lowest BCUT2D eigenvalue weighted by Gasteiger charge is -2.01. The first-order valence-corrected chi connectivity index (χ1v) is 7.59. The molecule has 0 spiro atoms. The summed E-state index contributed by atoms with van der Waals surface area (Å²) in [5.74, 6) is 0.0232. The average Bonchev–Trinajstić information content (AvgIpc) is 2.60. The van der Waals surface area contributed by atoms with Gasteiger partial charge in [0.25, 0.3) is 0 Å². The molecule has 0 saturated carbocycles. The molecule has 0 aliphatic heterocycles. The molecule has 0 saturated heterocycles. The Morgan fingerprint density at radius 3 is 2.31 bits per heavy atom. The lowest BCUT2D eigenvalue weighted by atomic mass is 10.1. The van der Waals surface area contributed by atoms with Gasteiger partial charge in [0.15, 0.2) is 0 Å². The fourth-order valence-corrected chi connectivity index (χ4v) is 3.81. The maximum atomic E-state index is 12.2. The smallest absolute Gasteiger partial charge is 0.205 e. The van der Waals surface area contributed by atoms with E-state index in [4.69, 9.17) is 0 Å². The molecule has 0 atom stereocenters. The Hall–Kier alpha value is 0.0300. The first-order valence-electron chi connectivity index (χ1n) is 4.33. The van der Waals surface area contributed by atoms with Crippen molar-refractivity contribution in [3.8, 4) is 0 Å². The van der Waals surface area contributed by atoms with Crippen LogP contribution in [0.1, 0.15) is 15.2 Å². The Kier molecular flexibility index (Phi) is 4.00. The minimum absolute atomic E-state index is 0.0232. The number of hydrogen-bond acceptors (Lipinski definition) is 2. The molecule has 2 aromatic rings. The third-order valence-electron chi connectivity index (χ3n) is 2.01. The summed E-state index contributed by atoms with van der Waals surface area (Å²) in [4.78, 5) is 12.9. The van der Waals surface area contributed by atoms with Crippen LogP contribution < -0.4 is 0 Å². The van der Waals surface area contributed by atoms with Gasteiger partial charge in [-0.15, -0.1) is 11.3 Å². The number of carbonyl (C=O) groups is 1. The number of hydrogen-bond donors (Lipinski definition) is 0.